The van der Waals surface area contributed by atoms with Crippen molar-refractivity contribution < 1.29 is 9.53 Å². The number of nitrogens with one attached hydrogen (secondary N) is 1. The summed E-state index contributed by atoms with van der Waals surface area (Å²) in [6, 6.07) is 23.7. The van der Waals surface area contributed by atoms with Crippen LogP contribution in [-0.4, -0.2) is 19.2 Å². The Kier molecular flexibility index (Phi) is 5.03. The highest BCUT2D eigenvalue weighted by Gasteiger charge is 2.27. The Balaban J connectivity index is 1.45. The molecule has 0 bridgehead atoms. The molecule has 2 amide bonds. The summed E-state index contributed by atoms with van der Waals surface area (Å²) in [6.07, 6.45) is 0. The van der Waals surface area contributed by atoms with Crippen LogP contribution >= 0.6 is 11.8 Å². The van der Waals surface area contributed by atoms with Gasteiger partial charge >= 0.3 is 6.03 Å². The molecule has 27 heavy (non-hydrogen) atoms. The monoisotopic (exact) mass is 376 g/mol. The smallest absolute Gasteiger partial charge is 0.326 e. The Labute approximate surface area is 163 Å². The largest absolute Gasteiger partial charge is 0.492 e. The highest BCUT2D eigenvalue weighted by Crippen LogP contribution is 2.47. The van der Waals surface area contributed by atoms with Gasteiger partial charge in [-0.15, -0.1) is 0 Å². The van der Waals surface area contributed by atoms with Gasteiger partial charge in [-0.3, -0.25) is 4.90 Å². The summed E-state index contributed by atoms with van der Waals surface area (Å²) in [5.41, 5.74) is 2.95. The van der Waals surface area contributed by atoms with Crippen LogP contribution in [0.1, 0.15) is 5.56 Å². The van der Waals surface area contributed by atoms with Crippen LogP contribution in [0.3, 0.4) is 0 Å². The number of nitrogens with zero attached hydrogens (tertiary/aromatic N) is 1. The zero-order valence-electron chi connectivity index (χ0n) is 15.0. The second-order valence-electron chi connectivity index (χ2n) is 6.27. The molecule has 0 aromatic heterocycles. The summed E-state index contributed by atoms with van der Waals surface area (Å²) >= 11 is 1.68. The molecule has 5 heteroatoms. The Hall–Kier alpha value is -2.92. The number of amides is 2. The maximum atomic E-state index is 12.9. The first-order chi connectivity index (χ1) is 13.2. The molecule has 3 aromatic carbocycles. The summed E-state index contributed by atoms with van der Waals surface area (Å²) in [5.74, 6) is 0.814. The predicted octanol–water partition coefficient (Wildman–Crippen LogP) is 5.39. The lowest BCUT2D eigenvalue weighted by atomic mass is 10.2. The number of ether oxygens (including phenoxy) is 1. The SMILES string of the molecule is Cc1cccc(OCCNC(=O)N2c3ccccc3Sc3ccccc32)c1. The molecule has 0 aliphatic carbocycles. The fourth-order valence-corrected chi connectivity index (χ4v) is 4.09. The van der Waals surface area contributed by atoms with E-state index in [1.54, 1.807) is 16.7 Å². The third-order valence-corrected chi connectivity index (χ3v) is 5.40. The zero-order chi connectivity index (χ0) is 18.6. The molecule has 1 aliphatic rings. The lowest BCUT2D eigenvalue weighted by Crippen LogP contribution is -2.40. The van der Waals surface area contributed by atoms with Crippen LogP contribution in [0.25, 0.3) is 0 Å². The van der Waals surface area contributed by atoms with E-state index in [4.69, 9.17) is 4.74 Å². The van der Waals surface area contributed by atoms with Crippen molar-refractivity contribution in [2.75, 3.05) is 18.1 Å². The van der Waals surface area contributed by atoms with Crippen LogP contribution in [0, 0.1) is 6.92 Å². The van der Waals surface area contributed by atoms with Gasteiger partial charge in [0, 0.05) is 9.79 Å². The number of para-hydroxylation sites is 2. The van der Waals surface area contributed by atoms with E-state index in [2.05, 4.69) is 5.32 Å². The van der Waals surface area contributed by atoms with Gasteiger partial charge in [-0.05, 0) is 48.9 Å². The number of carbonyl (C=O) groups excluding carboxylic acids is 1. The number of rotatable bonds is 4. The molecular weight excluding hydrogens is 356 g/mol. The first-order valence-corrected chi connectivity index (χ1v) is 9.67. The second kappa shape index (κ2) is 7.76. The highest BCUT2D eigenvalue weighted by molar-refractivity contribution is 7.99. The van der Waals surface area contributed by atoms with Crippen LogP contribution in [0.2, 0.25) is 0 Å². The van der Waals surface area contributed by atoms with E-state index < -0.39 is 0 Å². The number of fused-ring (bicyclic) bond motifs is 2. The quantitative estimate of drug-likeness (QED) is 0.621. The van der Waals surface area contributed by atoms with Crippen LogP contribution in [0.5, 0.6) is 5.75 Å². The van der Waals surface area contributed by atoms with Gasteiger partial charge in [-0.2, -0.15) is 0 Å². The normalized spacial score (nSPS) is 12.1. The molecule has 3 aromatic rings. The van der Waals surface area contributed by atoms with Crippen molar-refractivity contribution in [3.63, 3.8) is 0 Å². The fourth-order valence-electron chi connectivity index (χ4n) is 3.03. The number of hydrogen-bond donors (Lipinski definition) is 1. The van der Waals surface area contributed by atoms with Crippen molar-refractivity contribution in [1.82, 2.24) is 5.32 Å². The van der Waals surface area contributed by atoms with Crippen LogP contribution in [0.4, 0.5) is 16.2 Å². The summed E-state index contributed by atoms with van der Waals surface area (Å²) in [6.45, 7) is 2.87. The maximum absolute atomic E-state index is 12.9. The van der Waals surface area contributed by atoms with Crippen molar-refractivity contribution in [2.24, 2.45) is 0 Å². The van der Waals surface area contributed by atoms with Gasteiger partial charge in [0.25, 0.3) is 0 Å². The van der Waals surface area contributed by atoms with E-state index >= 15 is 0 Å². The van der Waals surface area contributed by atoms with Gasteiger partial charge in [0.2, 0.25) is 0 Å². The van der Waals surface area contributed by atoms with Gasteiger partial charge < -0.3 is 10.1 Å². The predicted molar refractivity (Wildman–Crippen MR) is 109 cm³/mol. The minimum absolute atomic E-state index is 0.150. The van der Waals surface area contributed by atoms with Crippen molar-refractivity contribution in [3.8, 4) is 5.75 Å². The molecule has 0 fully saturated rings. The van der Waals surface area contributed by atoms with Gasteiger partial charge in [0.1, 0.15) is 12.4 Å². The first-order valence-electron chi connectivity index (χ1n) is 8.86. The topological polar surface area (TPSA) is 41.6 Å². The Morgan fingerprint density at radius 3 is 2.30 bits per heavy atom. The maximum Gasteiger partial charge on any atom is 0.326 e. The molecule has 4 nitrogen and oxygen atoms in total. The molecule has 0 radical (unpaired) electrons. The number of benzene rings is 3. The van der Waals surface area contributed by atoms with E-state index in [9.17, 15) is 4.79 Å². The van der Waals surface area contributed by atoms with Crippen molar-refractivity contribution >= 4 is 29.2 Å². The lowest BCUT2D eigenvalue weighted by molar-refractivity contribution is 0.243. The van der Waals surface area contributed by atoms with E-state index in [-0.39, 0.29) is 6.03 Å². The highest BCUT2D eigenvalue weighted by atomic mass is 32.2. The standard InChI is InChI=1S/C22H20N2O2S/c1-16-7-6-8-17(15-16)26-14-13-23-22(25)24-18-9-2-4-11-20(18)27-21-12-5-3-10-19(21)24/h2-12,15H,13-14H2,1H3,(H,23,25). The molecule has 0 unspecified atom stereocenters. The summed E-state index contributed by atoms with van der Waals surface area (Å²) in [5, 5.41) is 2.97. The van der Waals surface area contributed by atoms with Gasteiger partial charge in [-0.1, -0.05) is 48.2 Å². The van der Waals surface area contributed by atoms with Crippen molar-refractivity contribution in [1.29, 1.82) is 0 Å². The molecule has 0 spiro atoms. The van der Waals surface area contributed by atoms with Gasteiger partial charge in [-0.25, -0.2) is 4.79 Å². The summed E-state index contributed by atoms with van der Waals surface area (Å²) in [7, 11) is 0. The van der Waals surface area contributed by atoms with Gasteiger partial charge in [0.15, 0.2) is 0 Å². The Bertz CT molecular complexity index is 928. The third kappa shape index (κ3) is 3.78. The van der Waals surface area contributed by atoms with E-state index in [0.29, 0.717) is 13.2 Å². The average Bonchev–Trinajstić information content (AvgIpc) is 2.69. The number of carbonyl (C=O) groups is 1. The minimum atomic E-state index is -0.150. The fraction of sp³-hybridized carbons (Fsp3) is 0.136. The van der Waals surface area contributed by atoms with Crippen molar-refractivity contribution in [3.05, 3.63) is 78.4 Å². The molecule has 136 valence electrons. The third-order valence-electron chi connectivity index (χ3n) is 4.27. The van der Waals surface area contributed by atoms with E-state index in [1.165, 1.54) is 0 Å². The van der Waals surface area contributed by atoms with E-state index in [0.717, 1.165) is 32.5 Å². The molecular formula is C22H20N2O2S. The molecule has 1 N–H and O–H groups in total. The molecule has 4 rings (SSSR count). The Morgan fingerprint density at radius 2 is 1.63 bits per heavy atom. The molecule has 0 saturated carbocycles. The number of urea groups is 1. The van der Waals surface area contributed by atoms with Crippen LogP contribution in [0.15, 0.2) is 82.6 Å². The van der Waals surface area contributed by atoms with Crippen LogP contribution in [-0.2, 0) is 0 Å². The molecule has 1 aliphatic heterocycles. The first kappa shape index (κ1) is 17.5. The number of hydrogen-bond acceptors (Lipinski definition) is 3. The molecule has 0 saturated heterocycles. The Morgan fingerprint density at radius 1 is 0.963 bits per heavy atom. The van der Waals surface area contributed by atoms with E-state index in [1.807, 2.05) is 79.7 Å². The number of anilines is 2. The molecule has 1 heterocycles. The second-order valence-corrected chi connectivity index (χ2v) is 7.35. The van der Waals surface area contributed by atoms with Crippen LogP contribution < -0.4 is 15.0 Å². The molecule has 0 atom stereocenters. The lowest BCUT2D eigenvalue weighted by Gasteiger charge is -2.31. The minimum Gasteiger partial charge on any atom is -0.492 e. The summed E-state index contributed by atoms with van der Waals surface area (Å²) < 4.78 is 5.73. The average molecular weight is 376 g/mol. The van der Waals surface area contributed by atoms with Crippen molar-refractivity contribution in [2.45, 2.75) is 16.7 Å². The van der Waals surface area contributed by atoms with Gasteiger partial charge in [0.05, 0.1) is 17.9 Å². The summed E-state index contributed by atoms with van der Waals surface area (Å²) in [4.78, 5) is 16.8. The zero-order valence-corrected chi connectivity index (χ0v) is 15.8. The number of aryl methyl sites for hydroxylation is 1.